The minimum absolute atomic E-state index is 0.0856. The van der Waals surface area contributed by atoms with Crippen LogP contribution < -0.4 is 0 Å². The van der Waals surface area contributed by atoms with E-state index in [0.717, 1.165) is 12.1 Å². The Morgan fingerprint density at radius 2 is 2.14 bits per heavy atom. The van der Waals surface area contributed by atoms with E-state index in [1.165, 1.54) is 0 Å². The number of hydrogen-bond donors (Lipinski definition) is 3. The number of aliphatic hydroxyl groups is 2. The fourth-order valence-corrected chi connectivity index (χ4v) is 1.78. The number of hydrogen-bond acceptors (Lipinski definition) is 8. The molecule has 0 aliphatic carbocycles. The van der Waals surface area contributed by atoms with Gasteiger partial charge in [-0.2, -0.15) is 5.26 Å². The van der Waals surface area contributed by atoms with Gasteiger partial charge in [-0.1, -0.05) is 0 Å². The third-order valence-electron chi connectivity index (χ3n) is 2.81. The van der Waals surface area contributed by atoms with Crippen molar-refractivity contribution in [2.75, 3.05) is 6.61 Å². The van der Waals surface area contributed by atoms with Crippen molar-refractivity contribution in [1.29, 1.82) is 5.26 Å². The molecule has 0 heterocycles. The zero-order valence-electron chi connectivity index (χ0n) is 11.6. The lowest BCUT2D eigenvalue weighted by molar-refractivity contribution is -0.386. The topological polar surface area (TPSA) is 154 Å². The highest BCUT2D eigenvalue weighted by molar-refractivity contribution is 5.70. The number of ether oxygens (including phenoxy) is 1. The van der Waals surface area contributed by atoms with Crippen LogP contribution in [0.3, 0.4) is 0 Å². The van der Waals surface area contributed by atoms with E-state index in [2.05, 4.69) is 4.74 Å². The number of rotatable bonds is 6. The molecule has 0 saturated carbocycles. The molecule has 118 valence electrons. The highest BCUT2D eigenvalue weighted by Crippen LogP contribution is 2.36. The van der Waals surface area contributed by atoms with Crippen molar-refractivity contribution in [2.24, 2.45) is 0 Å². The molecule has 1 rings (SSSR count). The maximum atomic E-state index is 11.3. The fraction of sp³-hybridized carbons (Fsp3) is 0.385. The first kappa shape index (κ1) is 17.4. The molecule has 1 aromatic rings. The van der Waals surface area contributed by atoms with E-state index in [1.807, 2.05) is 0 Å². The third kappa shape index (κ3) is 3.91. The molecule has 0 saturated heterocycles. The summed E-state index contributed by atoms with van der Waals surface area (Å²) in [4.78, 5) is 21.1. The first-order chi connectivity index (χ1) is 10.3. The first-order valence-corrected chi connectivity index (χ1v) is 6.24. The van der Waals surface area contributed by atoms with Gasteiger partial charge in [-0.15, -0.1) is 0 Å². The van der Waals surface area contributed by atoms with Crippen molar-refractivity contribution in [2.45, 2.75) is 25.6 Å². The van der Waals surface area contributed by atoms with E-state index in [9.17, 15) is 30.2 Å². The number of nitro benzene ring substituents is 1. The fourth-order valence-electron chi connectivity index (χ4n) is 1.78. The van der Waals surface area contributed by atoms with Crippen LogP contribution in [0.4, 0.5) is 5.69 Å². The lowest BCUT2D eigenvalue weighted by Gasteiger charge is -2.18. The summed E-state index contributed by atoms with van der Waals surface area (Å²) >= 11 is 0. The summed E-state index contributed by atoms with van der Waals surface area (Å²) in [5.74, 6) is -1.65. The molecule has 0 aliphatic heterocycles. The number of benzene rings is 1. The summed E-state index contributed by atoms with van der Waals surface area (Å²) in [6.45, 7) is 1.65. The van der Waals surface area contributed by atoms with Crippen LogP contribution in [0, 0.1) is 21.4 Å². The zero-order chi connectivity index (χ0) is 16.9. The summed E-state index contributed by atoms with van der Waals surface area (Å²) in [5, 5.41) is 49.2. The predicted molar refractivity (Wildman–Crippen MR) is 71.7 cm³/mol. The second-order valence-electron chi connectivity index (χ2n) is 4.32. The Morgan fingerprint density at radius 1 is 1.50 bits per heavy atom. The second-order valence-corrected chi connectivity index (χ2v) is 4.32. The number of aliphatic hydroxyl groups excluding tert-OH is 2. The lowest BCUT2D eigenvalue weighted by atomic mass is 9.98. The number of esters is 1. The molecular formula is C13H14N2O7. The Balaban J connectivity index is 3.14. The van der Waals surface area contributed by atoms with E-state index < -0.39 is 46.5 Å². The molecule has 0 aliphatic rings. The molecule has 2 unspecified atom stereocenters. The van der Waals surface area contributed by atoms with Crippen molar-refractivity contribution in [3.63, 3.8) is 0 Å². The van der Waals surface area contributed by atoms with Gasteiger partial charge in [0.1, 0.15) is 6.10 Å². The van der Waals surface area contributed by atoms with Crippen LogP contribution in [0.1, 0.15) is 30.6 Å². The van der Waals surface area contributed by atoms with Gasteiger partial charge in [0.05, 0.1) is 35.7 Å². The zero-order valence-corrected chi connectivity index (χ0v) is 11.6. The number of nitrogens with zero attached hydrogens (tertiary/aromatic N) is 2. The number of phenols is 1. The smallest absolute Gasteiger partial charge is 0.312 e. The van der Waals surface area contributed by atoms with Gasteiger partial charge in [-0.3, -0.25) is 14.9 Å². The van der Waals surface area contributed by atoms with E-state index >= 15 is 0 Å². The Labute approximate surface area is 125 Å². The molecule has 0 radical (unpaired) electrons. The number of nitro groups is 1. The molecule has 0 bridgehead atoms. The Hall–Kier alpha value is -2.70. The highest BCUT2D eigenvalue weighted by atomic mass is 16.6. The molecule has 0 aromatic heterocycles. The number of nitriles is 1. The van der Waals surface area contributed by atoms with Gasteiger partial charge < -0.3 is 20.1 Å². The van der Waals surface area contributed by atoms with Crippen LogP contribution in [0.15, 0.2) is 12.1 Å². The van der Waals surface area contributed by atoms with Crippen LogP contribution in [0.2, 0.25) is 0 Å². The maximum Gasteiger partial charge on any atom is 0.312 e. The summed E-state index contributed by atoms with van der Waals surface area (Å²) in [6.07, 6.45) is -4.02. The van der Waals surface area contributed by atoms with Crippen LogP contribution >= 0.6 is 0 Å². The molecule has 9 heteroatoms. The van der Waals surface area contributed by atoms with Gasteiger partial charge in [0, 0.05) is 11.6 Å². The summed E-state index contributed by atoms with van der Waals surface area (Å²) in [7, 11) is 0. The number of phenolic OH excluding ortho intramolecular Hbond substituents is 1. The van der Waals surface area contributed by atoms with Crippen molar-refractivity contribution in [3.05, 3.63) is 33.4 Å². The maximum absolute atomic E-state index is 11.3. The van der Waals surface area contributed by atoms with E-state index in [4.69, 9.17) is 5.26 Å². The lowest BCUT2D eigenvalue weighted by Crippen LogP contribution is -2.23. The molecular weight excluding hydrogens is 296 g/mol. The van der Waals surface area contributed by atoms with Crippen molar-refractivity contribution in [1.82, 2.24) is 0 Å². The molecule has 1 aromatic carbocycles. The second kappa shape index (κ2) is 7.35. The minimum atomic E-state index is -1.79. The van der Waals surface area contributed by atoms with E-state index in [-0.39, 0.29) is 12.2 Å². The number of carbonyl (C=O) groups is 1. The molecule has 0 spiro atoms. The Bertz CT molecular complexity index is 624. The quantitative estimate of drug-likeness (QED) is 0.390. The average Bonchev–Trinajstić information content (AvgIpc) is 2.46. The first-order valence-electron chi connectivity index (χ1n) is 6.24. The molecule has 2 atom stereocenters. The van der Waals surface area contributed by atoms with Crippen LogP contribution in [0.5, 0.6) is 5.75 Å². The largest absolute Gasteiger partial charge is 0.502 e. The van der Waals surface area contributed by atoms with E-state index in [1.54, 1.807) is 13.0 Å². The monoisotopic (exact) mass is 310 g/mol. The molecule has 22 heavy (non-hydrogen) atoms. The third-order valence-corrected chi connectivity index (χ3v) is 2.81. The standard InChI is InChI=1S/C13H14N2O7/c1-2-22-11(17)5-10(16)13(19)8-3-7(6-14)4-9(12(8)18)15(20)21/h3-4,10,13,16,18-19H,2,5H2,1H3. The van der Waals surface area contributed by atoms with Crippen molar-refractivity contribution >= 4 is 11.7 Å². The van der Waals surface area contributed by atoms with E-state index in [0.29, 0.717) is 0 Å². The highest BCUT2D eigenvalue weighted by Gasteiger charge is 2.29. The SMILES string of the molecule is CCOC(=O)CC(O)C(O)c1cc(C#N)cc([N+](=O)[O-])c1O. The molecule has 0 amide bonds. The summed E-state index contributed by atoms with van der Waals surface area (Å²) in [6, 6.07) is 3.48. The van der Waals surface area contributed by atoms with Crippen LogP contribution in [-0.2, 0) is 9.53 Å². The molecule has 9 nitrogen and oxygen atoms in total. The van der Waals surface area contributed by atoms with Gasteiger partial charge in [0.2, 0.25) is 0 Å². The normalized spacial score (nSPS) is 13.0. The van der Waals surface area contributed by atoms with Crippen LogP contribution in [0.25, 0.3) is 0 Å². The summed E-state index contributed by atoms with van der Waals surface area (Å²) < 4.78 is 4.60. The Kier molecular flexibility index (Phi) is 5.80. The van der Waals surface area contributed by atoms with Gasteiger partial charge in [0.15, 0.2) is 5.75 Å². The number of aromatic hydroxyl groups is 1. The Morgan fingerprint density at radius 3 is 2.64 bits per heavy atom. The number of carbonyl (C=O) groups excluding carboxylic acids is 1. The van der Waals surface area contributed by atoms with Gasteiger partial charge in [0.25, 0.3) is 0 Å². The van der Waals surface area contributed by atoms with Crippen molar-refractivity contribution < 1.29 is 29.8 Å². The molecule has 0 fully saturated rings. The van der Waals surface area contributed by atoms with Crippen molar-refractivity contribution in [3.8, 4) is 11.8 Å². The van der Waals surface area contributed by atoms with Crippen LogP contribution in [-0.4, -0.2) is 38.9 Å². The van der Waals surface area contributed by atoms with Gasteiger partial charge in [-0.05, 0) is 13.0 Å². The molecule has 3 N–H and O–H groups in total. The summed E-state index contributed by atoms with van der Waals surface area (Å²) in [5.41, 5.74) is -1.37. The minimum Gasteiger partial charge on any atom is -0.502 e. The predicted octanol–water partition coefficient (Wildman–Crippen LogP) is 0.520. The van der Waals surface area contributed by atoms with Gasteiger partial charge in [-0.25, -0.2) is 0 Å². The van der Waals surface area contributed by atoms with Gasteiger partial charge >= 0.3 is 11.7 Å². The average molecular weight is 310 g/mol.